The smallest absolute Gasteiger partial charge is 0.329 e. The number of carbonyl (C=O) groups excluding carboxylic acids is 2. The highest BCUT2D eigenvalue weighted by molar-refractivity contribution is 7.98. The SMILES string of the molecule is CSCC[C@H](NC(=O)[C@H](CCSC)NC(=O)[C@H](Cc1ccccc1)n1c(=O)[nH]c2ccccc2c1=O)C(=O)O. The molecular formula is C27H32N4O6S2. The zero-order valence-corrected chi connectivity index (χ0v) is 23.3. The second kappa shape index (κ2) is 14.6. The average Bonchev–Trinajstić information content (AvgIpc) is 2.92. The van der Waals surface area contributed by atoms with Crippen molar-refractivity contribution in [1.29, 1.82) is 0 Å². The van der Waals surface area contributed by atoms with Gasteiger partial charge in [0.25, 0.3) is 5.56 Å². The second-order valence-electron chi connectivity index (χ2n) is 8.88. The number of carboxylic acid groups (broad SMARTS) is 1. The van der Waals surface area contributed by atoms with E-state index in [-0.39, 0.29) is 24.6 Å². The fourth-order valence-corrected chi connectivity index (χ4v) is 5.08. The highest BCUT2D eigenvalue weighted by Crippen LogP contribution is 2.15. The molecule has 0 radical (unpaired) electrons. The number of carbonyl (C=O) groups is 3. The van der Waals surface area contributed by atoms with Gasteiger partial charge >= 0.3 is 11.7 Å². The number of amides is 2. The van der Waals surface area contributed by atoms with Gasteiger partial charge in [0.05, 0.1) is 10.9 Å². The van der Waals surface area contributed by atoms with Crippen molar-refractivity contribution in [3.8, 4) is 0 Å². The number of aromatic nitrogens is 2. The van der Waals surface area contributed by atoms with Gasteiger partial charge in [0.1, 0.15) is 18.1 Å². The Hall–Kier alpha value is -3.51. The van der Waals surface area contributed by atoms with Crippen LogP contribution in [0.5, 0.6) is 0 Å². The molecule has 3 rings (SSSR count). The van der Waals surface area contributed by atoms with Crippen molar-refractivity contribution < 1.29 is 19.5 Å². The molecule has 0 saturated heterocycles. The largest absolute Gasteiger partial charge is 0.480 e. The Kier molecular flexibility index (Phi) is 11.2. The number of nitrogens with one attached hydrogen (secondary N) is 3. The van der Waals surface area contributed by atoms with Crippen LogP contribution >= 0.6 is 23.5 Å². The van der Waals surface area contributed by atoms with E-state index >= 15 is 0 Å². The van der Waals surface area contributed by atoms with Crippen molar-refractivity contribution in [3.63, 3.8) is 0 Å². The van der Waals surface area contributed by atoms with Gasteiger partial charge in [-0.1, -0.05) is 42.5 Å². The van der Waals surface area contributed by atoms with Gasteiger partial charge in [-0.25, -0.2) is 14.2 Å². The van der Waals surface area contributed by atoms with E-state index in [1.807, 2.05) is 18.6 Å². The monoisotopic (exact) mass is 572 g/mol. The number of carboxylic acids is 1. The van der Waals surface area contributed by atoms with Crippen LogP contribution < -0.4 is 21.9 Å². The van der Waals surface area contributed by atoms with Gasteiger partial charge < -0.3 is 20.7 Å². The second-order valence-corrected chi connectivity index (χ2v) is 10.9. The third-order valence-corrected chi connectivity index (χ3v) is 7.48. The first kappa shape index (κ1) is 30.0. The summed E-state index contributed by atoms with van der Waals surface area (Å²) in [6.45, 7) is 0. The summed E-state index contributed by atoms with van der Waals surface area (Å²) < 4.78 is 0.882. The standard InChI is InChI=1S/C27H32N4O6S2/c1-38-14-12-20(23(32)29-21(26(35)36)13-15-39-2)28-24(33)22(16-17-8-4-3-5-9-17)31-25(34)18-10-6-7-11-19(18)30-27(31)37/h3-11,20-22H,12-16H2,1-2H3,(H,28,33)(H,29,32)(H,30,37)(H,35,36)/t20-,21-,22-/m0/s1. The normalized spacial score (nSPS) is 13.4. The highest BCUT2D eigenvalue weighted by atomic mass is 32.2. The van der Waals surface area contributed by atoms with Gasteiger partial charge in [0.2, 0.25) is 11.8 Å². The molecule has 10 nitrogen and oxygen atoms in total. The third kappa shape index (κ3) is 7.99. The minimum absolute atomic E-state index is 0.0241. The number of hydrogen-bond acceptors (Lipinski definition) is 7. The zero-order chi connectivity index (χ0) is 28.4. The van der Waals surface area contributed by atoms with Gasteiger partial charge in [-0.3, -0.25) is 14.4 Å². The molecule has 0 unspecified atom stereocenters. The minimum Gasteiger partial charge on any atom is -0.480 e. The number of aromatic amines is 1. The summed E-state index contributed by atoms with van der Waals surface area (Å²) in [6, 6.07) is 12.0. The lowest BCUT2D eigenvalue weighted by molar-refractivity contribution is -0.142. The Morgan fingerprint density at radius 1 is 0.872 bits per heavy atom. The number of para-hydroxylation sites is 1. The molecule has 4 N–H and O–H groups in total. The molecule has 0 spiro atoms. The molecule has 0 bridgehead atoms. The molecule has 208 valence electrons. The van der Waals surface area contributed by atoms with Crippen molar-refractivity contribution in [1.82, 2.24) is 20.2 Å². The minimum atomic E-state index is -1.26. The first-order chi connectivity index (χ1) is 18.8. The fourth-order valence-electron chi connectivity index (χ4n) is 4.14. The van der Waals surface area contributed by atoms with Crippen LogP contribution in [0.2, 0.25) is 0 Å². The van der Waals surface area contributed by atoms with Crippen LogP contribution in [0.1, 0.15) is 24.4 Å². The Morgan fingerprint density at radius 3 is 2.10 bits per heavy atom. The number of H-pyrrole nitrogens is 1. The zero-order valence-electron chi connectivity index (χ0n) is 21.7. The molecule has 12 heteroatoms. The molecular weight excluding hydrogens is 540 g/mol. The van der Waals surface area contributed by atoms with Crippen LogP contribution in [0, 0.1) is 0 Å². The third-order valence-electron chi connectivity index (χ3n) is 6.19. The predicted molar refractivity (Wildman–Crippen MR) is 156 cm³/mol. The van der Waals surface area contributed by atoms with Crippen molar-refractivity contribution in [2.45, 2.75) is 37.4 Å². The van der Waals surface area contributed by atoms with Crippen LogP contribution in [0.25, 0.3) is 10.9 Å². The van der Waals surface area contributed by atoms with Gasteiger partial charge in [-0.05, 0) is 54.6 Å². The summed E-state index contributed by atoms with van der Waals surface area (Å²) in [5, 5.41) is 15.0. The number of thioether (sulfide) groups is 2. The number of hydrogen-bond donors (Lipinski definition) is 4. The van der Waals surface area contributed by atoms with Gasteiger partial charge in [0, 0.05) is 6.42 Å². The van der Waals surface area contributed by atoms with E-state index in [1.165, 1.54) is 23.5 Å². The van der Waals surface area contributed by atoms with Crippen LogP contribution in [0.4, 0.5) is 0 Å². The van der Waals surface area contributed by atoms with Crippen LogP contribution in [0.3, 0.4) is 0 Å². The Balaban J connectivity index is 1.97. The number of benzene rings is 2. The maximum atomic E-state index is 13.7. The quantitative estimate of drug-likeness (QED) is 0.229. The van der Waals surface area contributed by atoms with Crippen molar-refractivity contribution >= 4 is 52.2 Å². The van der Waals surface area contributed by atoms with Gasteiger partial charge in [-0.15, -0.1) is 0 Å². The van der Waals surface area contributed by atoms with Crippen molar-refractivity contribution in [2.24, 2.45) is 0 Å². The van der Waals surface area contributed by atoms with Crippen molar-refractivity contribution in [2.75, 3.05) is 24.0 Å². The summed E-state index contributed by atoms with van der Waals surface area (Å²) >= 11 is 2.93. The molecule has 3 aromatic rings. The summed E-state index contributed by atoms with van der Waals surface area (Å²) in [7, 11) is 0. The molecule has 2 aromatic carbocycles. The number of rotatable bonds is 14. The van der Waals surface area contributed by atoms with Gasteiger partial charge in [0.15, 0.2) is 0 Å². The Morgan fingerprint density at radius 2 is 1.46 bits per heavy atom. The average molecular weight is 573 g/mol. The molecule has 1 heterocycles. The lowest BCUT2D eigenvalue weighted by Gasteiger charge is -2.25. The first-order valence-corrected chi connectivity index (χ1v) is 15.1. The molecule has 0 aliphatic rings. The summed E-state index contributed by atoms with van der Waals surface area (Å²) in [5.74, 6) is -1.45. The molecule has 0 aliphatic heterocycles. The molecule has 0 fully saturated rings. The van der Waals surface area contributed by atoms with E-state index in [9.17, 15) is 29.1 Å². The maximum absolute atomic E-state index is 13.7. The van der Waals surface area contributed by atoms with Crippen LogP contribution in [-0.2, 0) is 20.8 Å². The van der Waals surface area contributed by atoms with E-state index in [2.05, 4.69) is 15.6 Å². The lowest BCUT2D eigenvalue weighted by atomic mass is 10.0. The van der Waals surface area contributed by atoms with Crippen LogP contribution in [0.15, 0.2) is 64.2 Å². The van der Waals surface area contributed by atoms with E-state index in [0.717, 1.165) is 4.57 Å². The van der Waals surface area contributed by atoms with E-state index in [1.54, 1.807) is 48.5 Å². The number of fused-ring (bicyclic) bond motifs is 1. The highest BCUT2D eigenvalue weighted by Gasteiger charge is 2.31. The lowest BCUT2D eigenvalue weighted by Crippen LogP contribution is -2.54. The summed E-state index contributed by atoms with van der Waals surface area (Å²) in [5.41, 5.74) is -0.309. The summed E-state index contributed by atoms with van der Waals surface area (Å²) in [6.07, 6.45) is 4.17. The number of aliphatic carboxylic acids is 1. The molecule has 0 aliphatic carbocycles. The molecule has 3 atom stereocenters. The Bertz CT molecular complexity index is 1410. The predicted octanol–water partition coefficient (Wildman–Crippen LogP) is 2.03. The molecule has 0 saturated carbocycles. The molecule has 2 amide bonds. The fraction of sp³-hybridized carbons (Fsp3) is 0.370. The summed E-state index contributed by atoms with van der Waals surface area (Å²) in [4.78, 5) is 67.7. The molecule has 1 aromatic heterocycles. The first-order valence-electron chi connectivity index (χ1n) is 12.4. The van der Waals surface area contributed by atoms with Crippen LogP contribution in [-0.4, -0.2) is 68.5 Å². The molecule has 39 heavy (non-hydrogen) atoms. The number of nitrogens with zero attached hydrogens (tertiary/aromatic N) is 1. The van der Waals surface area contributed by atoms with E-state index in [0.29, 0.717) is 22.6 Å². The van der Waals surface area contributed by atoms with E-state index < -0.39 is 47.2 Å². The Labute approximate surface area is 234 Å². The van der Waals surface area contributed by atoms with Crippen molar-refractivity contribution in [3.05, 3.63) is 81.0 Å². The van der Waals surface area contributed by atoms with E-state index in [4.69, 9.17) is 0 Å². The topological polar surface area (TPSA) is 150 Å². The van der Waals surface area contributed by atoms with Gasteiger partial charge in [-0.2, -0.15) is 23.5 Å². The maximum Gasteiger partial charge on any atom is 0.329 e.